The molecule has 0 saturated heterocycles. The van der Waals surface area contributed by atoms with Gasteiger partial charge in [0.1, 0.15) is 11.6 Å². The van der Waals surface area contributed by atoms with Crippen molar-refractivity contribution in [3.8, 4) is 34.0 Å². The van der Waals surface area contributed by atoms with E-state index in [9.17, 15) is 9.59 Å². The second kappa shape index (κ2) is 13.3. The molecule has 5 aromatic rings. The fraction of sp³-hybridized carbons (Fsp3) is 0.294. The third-order valence-corrected chi connectivity index (χ3v) is 7.30. The summed E-state index contributed by atoms with van der Waals surface area (Å²) in [5, 5.41) is 3.85. The number of ether oxygens (including phenoxy) is 1. The lowest BCUT2D eigenvalue weighted by atomic mass is 9.96. The van der Waals surface area contributed by atoms with Gasteiger partial charge in [-0.1, -0.05) is 86.8 Å². The van der Waals surface area contributed by atoms with Crippen molar-refractivity contribution >= 4 is 0 Å². The zero-order valence-electron chi connectivity index (χ0n) is 24.4. The second-order valence-corrected chi connectivity index (χ2v) is 10.4. The van der Waals surface area contributed by atoms with Gasteiger partial charge in [0.15, 0.2) is 5.82 Å². The van der Waals surface area contributed by atoms with Crippen molar-refractivity contribution in [3.05, 3.63) is 116 Å². The first-order valence-electron chi connectivity index (χ1n) is 14.6. The summed E-state index contributed by atoms with van der Waals surface area (Å²) in [4.78, 5) is 33.0. The molecule has 0 atom stereocenters. The summed E-state index contributed by atoms with van der Waals surface area (Å²) in [7, 11) is 0. The van der Waals surface area contributed by atoms with E-state index in [2.05, 4.69) is 24.0 Å². The van der Waals surface area contributed by atoms with E-state index in [-0.39, 0.29) is 5.56 Å². The number of hydrogen-bond donors (Lipinski definition) is 1. The molecule has 42 heavy (non-hydrogen) atoms. The Kier molecular flexibility index (Phi) is 9.12. The average molecular weight is 565 g/mol. The highest BCUT2D eigenvalue weighted by Crippen LogP contribution is 2.30. The van der Waals surface area contributed by atoms with Crippen LogP contribution >= 0.6 is 0 Å². The average Bonchev–Trinajstić information content (AvgIpc) is 3.44. The summed E-state index contributed by atoms with van der Waals surface area (Å²) in [6.45, 7) is 6.84. The number of benzene rings is 3. The van der Waals surface area contributed by atoms with E-state index in [1.54, 1.807) is 4.57 Å². The first-order chi connectivity index (χ1) is 20.5. The maximum Gasteiger partial charge on any atom is 0.439 e. The molecular formula is C34H36N4O4. The van der Waals surface area contributed by atoms with E-state index in [4.69, 9.17) is 14.2 Å². The van der Waals surface area contributed by atoms with Crippen LogP contribution in [0, 0.1) is 6.92 Å². The first kappa shape index (κ1) is 28.8. The Labute approximate surface area is 245 Å². The van der Waals surface area contributed by atoms with Gasteiger partial charge in [-0.25, -0.2) is 9.78 Å². The smallest absolute Gasteiger partial charge is 0.439 e. The SMILES string of the molecule is CCCCCOc1ccc(-n2c(C)nc(CCC)c(Cc3ccc(-c4ccccc4-c4noc(=O)[nH]4)cc3)c2=O)cc1. The van der Waals surface area contributed by atoms with Crippen LogP contribution in [0.4, 0.5) is 0 Å². The molecule has 3 aromatic carbocycles. The van der Waals surface area contributed by atoms with Gasteiger partial charge in [0.05, 0.1) is 18.0 Å². The highest BCUT2D eigenvalue weighted by Gasteiger charge is 2.17. The van der Waals surface area contributed by atoms with E-state index in [1.165, 1.54) is 0 Å². The predicted octanol–water partition coefficient (Wildman–Crippen LogP) is 6.66. The summed E-state index contributed by atoms with van der Waals surface area (Å²) in [5.41, 5.74) is 5.92. The van der Waals surface area contributed by atoms with E-state index >= 15 is 0 Å². The van der Waals surface area contributed by atoms with Gasteiger partial charge in [0, 0.05) is 17.5 Å². The van der Waals surface area contributed by atoms with E-state index in [0.29, 0.717) is 30.2 Å². The molecule has 8 heteroatoms. The van der Waals surface area contributed by atoms with Crippen LogP contribution in [0.15, 0.2) is 86.9 Å². The predicted molar refractivity (Wildman–Crippen MR) is 164 cm³/mol. The highest BCUT2D eigenvalue weighted by molar-refractivity contribution is 5.80. The number of unbranched alkanes of at least 4 members (excludes halogenated alkanes) is 2. The Morgan fingerprint density at radius 3 is 2.29 bits per heavy atom. The third kappa shape index (κ3) is 6.43. The van der Waals surface area contributed by atoms with Crippen LogP contribution in [0.25, 0.3) is 28.2 Å². The van der Waals surface area contributed by atoms with Crippen LogP contribution in [0.3, 0.4) is 0 Å². The normalized spacial score (nSPS) is 11.1. The molecule has 8 nitrogen and oxygen atoms in total. The summed E-state index contributed by atoms with van der Waals surface area (Å²) in [5.74, 6) is 1.25. The number of aromatic nitrogens is 4. The molecule has 0 aliphatic heterocycles. The molecule has 0 aliphatic carbocycles. The van der Waals surface area contributed by atoms with Crippen molar-refractivity contribution in [2.24, 2.45) is 0 Å². The molecule has 0 saturated carbocycles. The zero-order chi connectivity index (χ0) is 29.5. The number of H-pyrrole nitrogens is 1. The molecule has 0 radical (unpaired) electrons. The number of nitrogens with zero attached hydrogens (tertiary/aromatic N) is 3. The van der Waals surface area contributed by atoms with Crippen LogP contribution < -0.4 is 16.1 Å². The maximum absolute atomic E-state index is 14.0. The Bertz CT molecular complexity index is 1750. The van der Waals surface area contributed by atoms with Gasteiger partial charge in [-0.05, 0) is 60.7 Å². The van der Waals surface area contributed by atoms with Crippen molar-refractivity contribution < 1.29 is 9.26 Å². The Morgan fingerprint density at radius 2 is 1.62 bits per heavy atom. The minimum absolute atomic E-state index is 0.0491. The standard InChI is InChI=1S/C34H36N4O4/c1-4-6-9-21-41-27-19-17-26(18-20-27)38-23(3)35-31(10-5-2)30(33(38)39)22-24-13-15-25(16-14-24)28-11-7-8-12-29(28)32-36-34(40)42-37-32/h7-8,11-20H,4-6,9-10,21-22H2,1-3H3,(H,36,37,40). The third-order valence-electron chi connectivity index (χ3n) is 7.30. The van der Waals surface area contributed by atoms with Crippen LogP contribution in [0.2, 0.25) is 0 Å². The van der Waals surface area contributed by atoms with Gasteiger partial charge in [-0.15, -0.1) is 0 Å². The summed E-state index contributed by atoms with van der Waals surface area (Å²) in [6.07, 6.45) is 5.42. The summed E-state index contributed by atoms with van der Waals surface area (Å²) in [6, 6.07) is 23.5. The van der Waals surface area contributed by atoms with Crippen LogP contribution in [0.5, 0.6) is 5.75 Å². The van der Waals surface area contributed by atoms with Crippen molar-refractivity contribution in [2.75, 3.05) is 6.61 Å². The number of rotatable bonds is 12. The Morgan fingerprint density at radius 1 is 0.881 bits per heavy atom. The van der Waals surface area contributed by atoms with Gasteiger partial charge in [-0.3, -0.25) is 18.9 Å². The number of nitrogens with one attached hydrogen (secondary N) is 1. The largest absolute Gasteiger partial charge is 0.494 e. The Balaban J connectivity index is 1.43. The van der Waals surface area contributed by atoms with Gasteiger partial charge < -0.3 is 4.74 Å². The highest BCUT2D eigenvalue weighted by atomic mass is 16.5. The number of aryl methyl sites for hydroxylation is 2. The molecule has 2 heterocycles. The monoisotopic (exact) mass is 564 g/mol. The topological polar surface area (TPSA) is 103 Å². The first-order valence-corrected chi connectivity index (χ1v) is 14.6. The molecule has 216 valence electrons. The Hall–Kier alpha value is -4.72. The molecule has 0 amide bonds. The van der Waals surface area contributed by atoms with Gasteiger partial charge in [0.2, 0.25) is 0 Å². The van der Waals surface area contributed by atoms with Gasteiger partial charge in [-0.2, -0.15) is 0 Å². The zero-order valence-corrected chi connectivity index (χ0v) is 24.4. The quantitative estimate of drug-likeness (QED) is 0.170. The van der Waals surface area contributed by atoms with Gasteiger partial charge >= 0.3 is 5.76 Å². The van der Waals surface area contributed by atoms with Crippen molar-refractivity contribution in [1.29, 1.82) is 0 Å². The lowest BCUT2D eigenvalue weighted by molar-refractivity contribution is 0.306. The van der Waals surface area contributed by atoms with E-state index in [0.717, 1.165) is 71.5 Å². The fourth-order valence-corrected chi connectivity index (χ4v) is 5.17. The van der Waals surface area contributed by atoms with Crippen LogP contribution in [0.1, 0.15) is 62.2 Å². The molecule has 0 unspecified atom stereocenters. The van der Waals surface area contributed by atoms with Crippen molar-refractivity contribution in [3.63, 3.8) is 0 Å². The van der Waals surface area contributed by atoms with Crippen LogP contribution in [-0.2, 0) is 12.8 Å². The molecule has 5 rings (SSSR count). The summed E-state index contributed by atoms with van der Waals surface area (Å²) >= 11 is 0. The minimum Gasteiger partial charge on any atom is -0.494 e. The lowest BCUT2D eigenvalue weighted by Gasteiger charge is -2.16. The van der Waals surface area contributed by atoms with Crippen molar-refractivity contribution in [1.82, 2.24) is 19.7 Å². The van der Waals surface area contributed by atoms with Gasteiger partial charge in [0.25, 0.3) is 5.56 Å². The molecule has 1 N–H and O–H groups in total. The molecular weight excluding hydrogens is 528 g/mol. The number of aromatic amines is 1. The molecule has 0 aliphatic rings. The summed E-state index contributed by atoms with van der Waals surface area (Å²) < 4.78 is 12.3. The van der Waals surface area contributed by atoms with Crippen molar-refractivity contribution in [2.45, 2.75) is 59.3 Å². The molecule has 0 bridgehead atoms. The lowest BCUT2D eigenvalue weighted by Crippen LogP contribution is -2.28. The number of hydrogen-bond acceptors (Lipinski definition) is 6. The van der Waals surface area contributed by atoms with E-state index < -0.39 is 5.76 Å². The molecule has 2 aromatic heterocycles. The maximum atomic E-state index is 14.0. The molecule has 0 fully saturated rings. The molecule has 0 spiro atoms. The second-order valence-electron chi connectivity index (χ2n) is 10.4. The fourth-order valence-electron chi connectivity index (χ4n) is 5.17. The van der Waals surface area contributed by atoms with E-state index in [1.807, 2.05) is 79.7 Å². The minimum atomic E-state index is -0.595. The van der Waals surface area contributed by atoms with Crippen LogP contribution in [-0.4, -0.2) is 26.3 Å².